The van der Waals surface area contributed by atoms with Crippen molar-refractivity contribution in [2.45, 2.75) is 20.3 Å². The quantitative estimate of drug-likeness (QED) is 0.918. The van der Waals surface area contributed by atoms with E-state index in [-0.39, 0.29) is 24.2 Å². The molecule has 1 aliphatic rings. The van der Waals surface area contributed by atoms with Crippen molar-refractivity contribution in [1.29, 1.82) is 0 Å². The van der Waals surface area contributed by atoms with Gasteiger partial charge in [0, 0.05) is 18.7 Å². The van der Waals surface area contributed by atoms with Crippen molar-refractivity contribution in [3.63, 3.8) is 0 Å². The predicted molar refractivity (Wildman–Crippen MR) is 96.5 cm³/mol. The number of amides is 2. The fourth-order valence-corrected chi connectivity index (χ4v) is 3.10. The Hall–Kier alpha value is -2.33. The summed E-state index contributed by atoms with van der Waals surface area (Å²) in [6.45, 7) is 4.32. The van der Waals surface area contributed by atoms with E-state index in [2.05, 4.69) is 5.32 Å². The molecule has 1 N–H and O–H groups in total. The molecule has 1 saturated heterocycles. The SMILES string of the molecule is Cc1ccc(N2CC(C(=O)Nc3ccc(C)cc3Cl)CC2=O)cc1. The van der Waals surface area contributed by atoms with Crippen molar-refractivity contribution in [3.8, 4) is 0 Å². The van der Waals surface area contributed by atoms with E-state index in [4.69, 9.17) is 11.6 Å². The van der Waals surface area contributed by atoms with Crippen LogP contribution in [0.3, 0.4) is 0 Å². The summed E-state index contributed by atoms with van der Waals surface area (Å²) < 4.78 is 0. The Balaban J connectivity index is 1.70. The van der Waals surface area contributed by atoms with Gasteiger partial charge in [0.15, 0.2) is 0 Å². The zero-order chi connectivity index (χ0) is 17.3. The number of hydrogen-bond acceptors (Lipinski definition) is 2. The first-order chi connectivity index (χ1) is 11.4. The molecule has 1 aliphatic heterocycles. The van der Waals surface area contributed by atoms with Crippen molar-refractivity contribution in [1.82, 2.24) is 0 Å². The third kappa shape index (κ3) is 3.44. The maximum Gasteiger partial charge on any atom is 0.229 e. The van der Waals surface area contributed by atoms with Gasteiger partial charge in [0.05, 0.1) is 16.6 Å². The number of carbonyl (C=O) groups excluding carboxylic acids is 2. The second-order valence-electron chi connectivity index (χ2n) is 6.21. The van der Waals surface area contributed by atoms with Crippen LogP contribution in [0.15, 0.2) is 42.5 Å². The summed E-state index contributed by atoms with van der Waals surface area (Å²) in [5.74, 6) is -0.589. The number of rotatable bonds is 3. The molecule has 0 spiro atoms. The third-order valence-electron chi connectivity index (χ3n) is 4.22. The maximum atomic E-state index is 12.5. The Morgan fingerprint density at radius 1 is 1.12 bits per heavy atom. The van der Waals surface area contributed by atoms with Gasteiger partial charge >= 0.3 is 0 Å². The van der Waals surface area contributed by atoms with Crippen molar-refractivity contribution in [2.24, 2.45) is 5.92 Å². The number of anilines is 2. The molecule has 24 heavy (non-hydrogen) atoms. The summed E-state index contributed by atoms with van der Waals surface area (Å²) in [5, 5.41) is 3.33. The van der Waals surface area contributed by atoms with Crippen molar-refractivity contribution in [2.75, 3.05) is 16.8 Å². The Labute approximate surface area is 146 Å². The molecule has 0 bridgehead atoms. The highest BCUT2D eigenvalue weighted by molar-refractivity contribution is 6.33. The van der Waals surface area contributed by atoms with Gasteiger partial charge in [0.2, 0.25) is 11.8 Å². The zero-order valence-corrected chi connectivity index (χ0v) is 14.4. The lowest BCUT2D eigenvalue weighted by molar-refractivity contribution is -0.122. The number of nitrogens with one attached hydrogen (secondary N) is 1. The summed E-state index contributed by atoms with van der Waals surface area (Å²) in [4.78, 5) is 26.4. The Kier molecular flexibility index (Phi) is 4.58. The van der Waals surface area contributed by atoms with E-state index < -0.39 is 0 Å². The summed E-state index contributed by atoms with van der Waals surface area (Å²) in [6.07, 6.45) is 0.211. The lowest BCUT2D eigenvalue weighted by atomic mass is 10.1. The summed E-state index contributed by atoms with van der Waals surface area (Å²) in [6, 6.07) is 13.2. The number of halogens is 1. The summed E-state index contributed by atoms with van der Waals surface area (Å²) >= 11 is 6.16. The zero-order valence-electron chi connectivity index (χ0n) is 13.7. The Morgan fingerprint density at radius 3 is 2.46 bits per heavy atom. The number of carbonyl (C=O) groups is 2. The predicted octanol–water partition coefficient (Wildman–Crippen LogP) is 3.95. The molecule has 0 aromatic heterocycles. The van der Waals surface area contributed by atoms with E-state index in [1.165, 1.54) is 0 Å². The van der Waals surface area contributed by atoms with Crippen LogP contribution in [0.2, 0.25) is 5.02 Å². The van der Waals surface area contributed by atoms with E-state index >= 15 is 0 Å². The van der Waals surface area contributed by atoms with Crippen LogP contribution in [0, 0.1) is 19.8 Å². The molecule has 1 atom stereocenters. The van der Waals surface area contributed by atoms with Gasteiger partial charge in [0.25, 0.3) is 0 Å². The average molecular weight is 343 g/mol. The molecule has 2 aromatic carbocycles. The molecule has 1 fully saturated rings. The smallest absolute Gasteiger partial charge is 0.229 e. The number of nitrogens with zero attached hydrogens (tertiary/aromatic N) is 1. The van der Waals surface area contributed by atoms with E-state index in [1.807, 2.05) is 44.2 Å². The van der Waals surface area contributed by atoms with Gasteiger partial charge in [0.1, 0.15) is 0 Å². The minimum absolute atomic E-state index is 0.0333. The maximum absolute atomic E-state index is 12.5. The van der Waals surface area contributed by atoms with Gasteiger partial charge in [-0.15, -0.1) is 0 Å². The van der Waals surface area contributed by atoms with Crippen LogP contribution in [0.1, 0.15) is 17.5 Å². The summed E-state index contributed by atoms with van der Waals surface area (Å²) in [7, 11) is 0. The van der Waals surface area contributed by atoms with Gasteiger partial charge in [-0.25, -0.2) is 0 Å². The first kappa shape index (κ1) is 16.5. The molecule has 4 nitrogen and oxygen atoms in total. The minimum atomic E-state index is -0.379. The second-order valence-corrected chi connectivity index (χ2v) is 6.62. The molecular formula is C19H19ClN2O2. The Morgan fingerprint density at radius 2 is 1.79 bits per heavy atom. The highest BCUT2D eigenvalue weighted by Crippen LogP contribution is 2.28. The van der Waals surface area contributed by atoms with Crippen LogP contribution in [-0.2, 0) is 9.59 Å². The van der Waals surface area contributed by atoms with Crippen LogP contribution in [0.4, 0.5) is 11.4 Å². The molecule has 2 aromatic rings. The molecule has 3 rings (SSSR count). The first-order valence-corrected chi connectivity index (χ1v) is 8.26. The van der Waals surface area contributed by atoms with Gasteiger partial charge < -0.3 is 10.2 Å². The van der Waals surface area contributed by atoms with E-state index in [0.717, 1.165) is 16.8 Å². The van der Waals surface area contributed by atoms with Crippen LogP contribution >= 0.6 is 11.6 Å². The molecule has 0 saturated carbocycles. The van der Waals surface area contributed by atoms with Gasteiger partial charge in [-0.05, 0) is 43.7 Å². The van der Waals surface area contributed by atoms with Crippen molar-refractivity contribution in [3.05, 3.63) is 58.6 Å². The molecule has 1 heterocycles. The average Bonchev–Trinajstić information content (AvgIpc) is 2.93. The van der Waals surface area contributed by atoms with Gasteiger partial charge in [-0.2, -0.15) is 0 Å². The highest BCUT2D eigenvalue weighted by Gasteiger charge is 2.35. The summed E-state index contributed by atoms with van der Waals surface area (Å²) in [5.41, 5.74) is 3.57. The van der Waals surface area contributed by atoms with E-state index in [9.17, 15) is 9.59 Å². The van der Waals surface area contributed by atoms with Crippen LogP contribution in [0.5, 0.6) is 0 Å². The van der Waals surface area contributed by atoms with Crippen molar-refractivity contribution < 1.29 is 9.59 Å². The molecule has 5 heteroatoms. The fraction of sp³-hybridized carbons (Fsp3) is 0.263. The number of aryl methyl sites for hydroxylation is 2. The standard InChI is InChI=1S/C19H19ClN2O2/c1-12-3-6-15(7-4-12)22-11-14(10-18(22)23)19(24)21-17-8-5-13(2)9-16(17)20/h3-9,14H,10-11H2,1-2H3,(H,21,24). The molecule has 2 amide bonds. The van der Waals surface area contributed by atoms with E-state index in [1.54, 1.807) is 17.0 Å². The van der Waals surface area contributed by atoms with E-state index in [0.29, 0.717) is 17.3 Å². The third-order valence-corrected chi connectivity index (χ3v) is 4.54. The lowest BCUT2D eigenvalue weighted by Gasteiger charge is -2.17. The molecule has 124 valence electrons. The van der Waals surface area contributed by atoms with Crippen LogP contribution in [-0.4, -0.2) is 18.4 Å². The molecular weight excluding hydrogens is 324 g/mol. The monoisotopic (exact) mass is 342 g/mol. The molecule has 0 radical (unpaired) electrons. The Bertz CT molecular complexity index is 786. The fourth-order valence-electron chi connectivity index (χ4n) is 2.81. The van der Waals surface area contributed by atoms with Crippen LogP contribution in [0.25, 0.3) is 0 Å². The highest BCUT2D eigenvalue weighted by atomic mass is 35.5. The number of hydrogen-bond donors (Lipinski definition) is 1. The second kappa shape index (κ2) is 6.65. The number of benzene rings is 2. The van der Waals surface area contributed by atoms with Crippen LogP contribution < -0.4 is 10.2 Å². The molecule has 1 unspecified atom stereocenters. The topological polar surface area (TPSA) is 49.4 Å². The van der Waals surface area contributed by atoms with Gasteiger partial charge in [-0.3, -0.25) is 9.59 Å². The normalized spacial score (nSPS) is 17.2. The molecule has 0 aliphatic carbocycles. The first-order valence-electron chi connectivity index (χ1n) is 7.88. The largest absolute Gasteiger partial charge is 0.324 e. The lowest BCUT2D eigenvalue weighted by Crippen LogP contribution is -2.28. The van der Waals surface area contributed by atoms with Gasteiger partial charge in [-0.1, -0.05) is 35.4 Å². The minimum Gasteiger partial charge on any atom is -0.324 e. The van der Waals surface area contributed by atoms with Crippen molar-refractivity contribution >= 4 is 34.8 Å².